The third-order valence-electron chi connectivity index (χ3n) is 2.93. The molecule has 2 N–H and O–H groups in total. The van der Waals surface area contributed by atoms with Gasteiger partial charge in [0.1, 0.15) is 0 Å². The van der Waals surface area contributed by atoms with Crippen molar-refractivity contribution in [2.75, 3.05) is 19.0 Å². The van der Waals surface area contributed by atoms with Crippen LogP contribution in [0.4, 0.5) is 5.69 Å². The first-order valence-electron chi connectivity index (χ1n) is 6.76. The molecule has 0 fully saturated rings. The van der Waals surface area contributed by atoms with Crippen LogP contribution in [-0.4, -0.2) is 31.0 Å². The number of amides is 1. The van der Waals surface area contributed by atoms with Gasteiger partial charge in [0.15, 0.2) is 18.1 Å². The quantitative estimate of drug-likeness (QED) is 0.461. The number of nitrogens with zero attached hydrogens (tertiary/aromatic N) is 1. The van der Waals surface area contributed by atoms with Crippen molar-refractivity contribution in [3.05, 3.63) is 52.0 Å². The van der Waals surface area contributed by atoms with Gasteiger partial charge in [0, 0.05) is 16.3 Å². The van der Waals surface area contributed by atoms with Crippen molar-refractivity contribution < 1.29 is 19.5 Å². The number of ether oxygens (including phenoxy) is 2. The van der Waals surface area contributed by atoms with Gasteiger partial charge in [-0.3, -0.25) is 4.79 Å². The van der Waals surface area contributed by atoms with Crippen molar-refractivity contribution >= 4 is 41.0 Å². The van der Waals surface area contributed by atoms with Crippen LogP contribution in [-0.2, 0) is 4.79 Å². The molecule has 0 heterocycles. The predicted octanol–water partition coefficient (Wildman–Crippen LogP) is 3.83. The number of oxime groups is 1. The highest BCUT2D eigenvalue weighted by molar-refractivity contribution is 6.32. The molecule has 0 aliphatic rings. The number of hydrogen-bond donors (Lipinski definition) is 2. The summed E-state index contributed by atoms with van der Waals surface area (Å²) in [6.45, 7) is -0.258. The maximum Gasteiger partial charge on any atom is 0.262 e. The molecule has 6 nitrogen and oxygen atoms in total. The zero-order chi connectivity index (χ0) is 17.5. The summed E-state index contributed by atoms with van der Waals surface area (Å²) in [7, 11) is 1.44. The molecular formula is C16H14Cl2N2O4. The summed E-state index contributed by atoms with van der Waals surface area (Å²) in [5.74, 6) is 0.175. The fourth-order valence-electron chi connectivity index (χ4n) is 1.89. The number of nitrogens with one attached hydrogen (secondary N) is 1. The van der Waals surface area contributed by atoms with Crippen molar-refractivity contribution in [1.29, 1.82) is 0 Å². The Balaban J connectivity index is 2.05. The number of anilines is 1. The molecular weight excluding hydrogens is 355 g/mol. The van der Waals surface area contributed by atoms with Gasteiger partial charge in [-0.2, -0.15) is 0 Å². The lowest BCUT2D eigenvalue weighted by Gasteiger charge is -2.13. The molecule has 8 heteroatoms. The smallest absolute Gasteiger partial charge is 0.262 e. The van der Waals surface area contributed by atoms with E-state index in [9.17, 15) is 4.79 Å². The van der Waals surface area contributed by atoms with Crippen LogP contribution in [0.5, 0.6) is 11.5 Å². The van der Waals surface area contributed by atoms with Crippen molar-refractivity contribution in [3.8, 4) is 11.5 Å². The highest BCUT2D eigenvalue weighted by Gasteiger charge is 2.13. The van der Waals surface area contributed by atoms with E-state index in [1.807, 2.05) is 0 Å². The van der Waals surface area contributed by atoms with Gasteiger partial charge in [-0.05, 0) is 36.4 Å². The maximum absolute atomic E-state index is 11.9. The van der Waals surface area contributed by atoms with Gasteiger partial charge < -0.3 is 20.0 Å². The van der Waals surface area contributed by atoms with Crippen LogP contribution in [0.1, 0.15) is 5.56 Å². The fourth-order valence-corrected chi connectivity index (χ4v) is 2.29. The number of carbonyl (C=O) groups is 1. The molecule has 1 amide bonds. The van der Waals surface area contributed by atoms with Gasteiger partial charge in [0.2, 0.25) is 0 Å². The number of methoxy groups -OCH3 is 1. The monoisotopic (exact) mass is 368 g/mol. The molecule has 2 aromatic carbocycles. The summed E-state index contributed by atoms with van der Waals surface area (Å²) in [6.07, 6.45) is 1.20. The minimum absolute atomic E-state index is 0.223. The topological polar surface area (TPSA) is 80.2 Å². The molecule has 0 aliphatic carbocycles. The van der Waals surface area contributed by atoms with Crippen molar-refractivity contribution in [2.45, 2.75) is 0 Å². The van der Waals surface area contributed by atoms with Crippen LogP contribution in [0, 0.1) is 0 Å². The van der Waals surface area contributed by atoms with Gasteiger partial charge in [-0.1, -0.05) is 28.4 Å². The predicted molar refractivity (Wildman–Crippen MR) is 93.0 cm³/mol. The Morgan fingerprint density at radius 3 is 2.62 bits per heavy atom. The molecule has 0 aromatic heterocycles. The van der Waals surface area contributed by atoms with E-state index in [0.717, 1.165) is 0 Å². The SMILES string of the molecule is COc1cc(/C=N/O)cc(Cl)c1OCC(=O)Nc1ccc(Cl)cc1. The Bertz CT molecular complexity index is 748. The van der Waals surface area contributed by atoms with E-state index < -0.39 is 0 Å². The maximum atomic E-state index is 11.9. The van der Waals surface area contributed by atoms with Gasteiger partial charge in [0.25, 0.3) is 5.91 Å². The van der Waals surface area contributed by atoms with Gasteiger partial charge in [-0.25, -0.2) is 0 Å². The first-order chi connectivity index (χ1) is 11.5. The lowest BCUT2D eigenvalue weighted by Crippen LogP contribution is -2.20. The van der Waals surface area contributed by atoms with Crippen LogP contribution in [0.15, 0.2) is 41.6 Å². The third-order valence-corrected chi connectivity index (χ3v) is 3.47. The van der Waals surface area contributed by atoms with E-state index in [4.69, 9.17) is 37.9 Å². The minimum Gasteiger partial charge on any atom is -0.493 e. The first kappa shape index (κ1) is 17.9. The third kappa shape index (κ3) is 4.78. The van der Waals surface area contributed by atoms with Crippen LogP contribution in [0.3, 0.4) is 0 Å². The van der Waals surface area contributed by atoms with Crippen LogP contribution in [0.2, 0.25) is 10.0 Å². The van der Waals surface area contributed by atoms with E-state index in [-0.39, 0.29) is 23.3 Å². The average molecular weight is 369 g/mol. The molecule has 0 saturated carbocycles. The Kier molecular flexibility index (Phi) is 6.28. The Labute approximate surface area is 148 Å². The van der Waals surface area contributed by atoms with E-state index in [1.54, 1.807) is 30.3 Å². The fraction of sp³-hybridized carbons (Fsp3) is 0.125. The second kappa shape index (κ2) is 8.42. The number of halogens is 2. The summed E-state index contributed by atoms with van der Waals surface area (Å²) >= 11 is 11.9. The number of carbonyl (C=O) groups excluding carboxylic acids is 1. The van der Waals surface area contributed by atoms with Crippen molar-refractivity contribution in [1.82, 2.24) is 0 Å². The highest BCUT2D eigenvalue weighted by Crippen LogP contribution is 2.36. The standard InChI is InChI=1S/C16H14Cl2N2O4/c1-23-14-7-10(8-19-22)6-13(18)16(14)24-9-15(21)20-12-4-2-11(17)3-5-12/h2-8,22H,9H2,1H3,(H,20,21)/b19-8+. The zero-order valence-electron chi connectivity index (χ0n) is 12.6. The van der Waals surface area contributed by atoms with Crippen molar-refractivity contribution in [3.63, 3.8) is 0 Å². The summed E-state index contributed by atoms with van der Waals surface area (Å²) in [5, 5.41) is 15.0. The van der Waals surface area contributed by atoms with E-state index in [1.165, 1.54) is 19.4 Å². The normalized spacial score (nSPS) is 10.6. The summed E-state index contributed by atoms with van der Waals surface area (Å²) in [5.41, 5.74) is 1.12. The van der Waals surface area contributed by atoms with E-state index >= 15 is 0 Å². The molecule has 0 bridgehead atoms. The molecule has 2 aromatic rings. The molecule has 2 rings (SSSR count). The molecule has 0 unspecified atom stereocenters. The van der Waals surface area contributed by atoms with Crippen LogP contribution >= 0.6 is 23.2 Å². The highest BCUT2D eigenvalue weighted by atomic mass is 35.5. The Morgan fingerprint density at radius 1 is 1.29 bits per heavy atom. The summed E-state index contributed by atoms with van der Waals surface area (Å²) in [6, 6.07) is 9.78. The largest absolute Gasteiger partial charge is 0.493 e. The van der Waals surface area contributed by atoms with Crippen molar-refractivity contribution in [2.24, 2.45) is 5.16 Å². The molecule has 24 heavy (non-hydrogen) atoms. The molecule has 0 radical (unpaired) electrons. The van der Waals surface area contributed by atoms with E-state index in [2.05, 4.69) is 10.5 Å². The molecule has 0 saturated heterocycles. The average Bonchev–Trinajstić information content (AvgIpc) is 2.56. The zero-order valence-corrected chi connectivity index (χ0v) is 14.1. The first-order valence-corrected chi connectivity index (χ1v) is 7.52. The lowest BCUT2D eigenvalue weighted by atomic mass is 10.2. The van der Waals surface area contributed by atoms with Crippen LogP contribution in [0.25, 0.3) is 0 Å². The summed E-state index contributed by atoms with van der Waals surface area (Å²) in [4.78, 5) is 11.9. The second-order valence-electron chi connectivity index (χ2n) is 4.62. The van der Waals surface area contributed by atoms with Gasteiger partial charge in [0.05, 0.1) is 18.3 Å². The summed E-state index contributed by atoms with van der Waals surface area (Å²) < 4.78 is 10.6. The second-order valence-corrected chi connectivity index (χ2v) is 5.47. The van der Waals surface area contributed by atoms with E-state index in [0.29, 0.717) is 22.0 Å². The number of hydrogen-bond acceptors (Lipinski definition) is 5. The molecule has 0 aliphatic heterocycles. The van der Waals surface area contributed by atoms with Crippen LogP contribution < -0.4 is 14.8 Å². The van der Waals surface area contributed by atoms with Gasteiger partial charge in [-0.15, -0.1) is 0 Å². The number of rotatable bonds is 6. The molecule has 126 valence electrons. The number of benzene rings is 2. The lowest BCUT2D eigenvalue weighted by molar-refractivity contribution is -0.118. The molecule has 0 atom stereocenters. The Morgan fingerprint density at radius 2 is 2.00 bits per heavy atom. The Hall–Kier alpha value is -2.44. The molecule has 0 spiro atoms. The minimum atomic E-state index is -0.364. The van der Waals surface area contributed by atoms with Gasteiger partial charge >= 0.3 is 0 Å².